The van der Waals surface area contributed by atoms with Crippen LogP contribution in [0.3, 0.4) is 0 Å². The molecule has 0 unspecified atom stereocenters. The van der Waals surface area contributed by atoms with Gasteiger partial charge in [0.15, 0.2) is 5.78 Å². The van der Waals surface area contributed by atoms with Crippen LogP contribution in [0.15, 0.2) is 23.8 Å². The molecule has 0 aliphatic heterocycles. The highest BCUT2D eigenvalue weighted by Gasteiger charge is 2.22. The molecule has 1 aliphatic carbocycles. The van der Waals surface area contributed by atoms with Gasteiger partial charge in [-0.05, 0) is 31.4 Å². The smallest absolute Gasteiger partial charge is 0.163 e. The standard InChI is InChI=1S/C10H12O2/c1-7(2)9-4-3-8(6-11)5-10(9)12/h5-6,9H,1,3-4H2,2H3/t9-/m0/s1. The summed E-state index contributed by atoms with van der Waals surface area (Å²) in [6, 6.07) is 0. The van der Waals surface area contributed by atoms with E-state index < -0.39 is 0 Å². The second-order valence-electron chi connectivity index (χ2n) is 3.18. The zero-order chi connectivity index (χ0) is 9.14. The van der Waals surface area contributed by atoms with Crippen molar-refractivity contribution in [3.8, 4) is 0 Å². The van der Waals surface area contributed by atoms with Crippen molar-refractivity contribution in [2.24, 2.45) is 5.92 Å². The van der Waals surface area contributed by atoms with E-state index in [0.29, 0.717) is 12.0 Å². The second-order valence-corrected chi connectivity index (χ2v) is 3.18. The van der Waals surface area contributed by atoms with Gasteiger partial charge in [-0.1, -0.05) is 12.2 Å². The maximum absolute atomic E-state index is 11.3. The summed E-state index contributed by atoms with van der Waals surface area (Å²) in [5, 5.41) is 0. The first-order valence-corrected chi connectivity index (χ1v) is 4.00. The topological polar surface area (TPSA) is 34.1 Å². The third kappa shape index (κ3) is 1.70. The maximum Gasteiger partial charge on any atom is 0.163 e. The third-order valence-electron chi connectivity index (χ3n) is 2.14. The minimum atomic E-state index is -0.0614. The van der Waals surface area contributed by atoms with Gasteiger partial charge < -0.3 is 0 Å². The molecule has 1 atom stereocenters. The fourth-order valence-corrected chi connectivity index (χ4v) is 1.39. The number of carbonyl (C=O) groups is 2. The lowest BCUT2D eigenvalue weighted by molar-refractivity contribution is -0.118. The first kappa shape index (κ1) is 8.91. The lowest BCUT2D eigenvalue weighted by Crippen LogP contribution is -2.18. The molecule has 0 saturated heterocycles. The number of rotatable bonds is 2. The Morgan fingerprint density at radius 1 is 1.75 bits per heavy atom. The maximum atomic E-state index is 11.3. The van der Waals surface area contributed by atoms with E-state index in [-0.39, 0.29) is 11.7 Å². The van der Waals surface area contributed by atoms with Crippen molar-refractivity contribution < 1.29 is 9.59 Å². The van der Waals surface area contributed by atoms with Crippen LogP contribution >= 0.6 is 0 Å². The van der Waals surface area contributed by atoms with Crippen LogP contribution in [0.2, 0.25) is 0 Å². The molecular formula is C10H12O2. The van der Waals surface area contributed by atoms with Gasteiger partial charge in [-0.25, -0.2) is 0 Å². The molecule has 0 radical (unpaired) electrons. The van der Waals surface area contributed by atoms with Gasteiger partial charge in [0.2, 0.25) is 0 Å². The lowest BCUT2D eigenvalue weighted by atomic mass is 9.85. The van der Waals surface area contributed by atoms with Crippen LogP contribution in [0.5, 0.6) is 0 Å². The zero-order valence-corrected chi connectivity index (χ0v) is 7.17. The van der Waals surface area contributed by atoms with E-state index in [2.05, 4.69) is 6.58 Å². The van der Waals surface area contributed by atoms with E-state index in [4.69, 9.17) is 0 Å². The van der Waals surface area contributed by atoms with Gasteiger partial charge in [0, 0.05) is 5.92 Å². The van der Waals surface area contributed by atoms with Crippen LogP contribution in [-0.4, -0.2) is 12.1 Å². The first-order valence-electron chi connectivity index (χ1n) is 4.00. The number of allylic oxidation sites excluding steroid dienone is 3. The van der Waals surface area contributed by atoms with E-state index in [1.54, 1.807) is 0 Å². The highest BCUT2D eigenvalue weighted by Crippen LogP contribution is 2.24. The fourth-order valence-electron chi connectivity index (χ4n) is 1.39. The molecule has 0 bridgehead atoms. The molecule has 0 aromatic rings. The Kier molecular flexibility index (Phi) is 2.58. The van der Waals surface area contributed by atoms with Crippen LogP contribution in [0.1, 0.15) is 19.8 Å². The molecule has 1 rings (SSSR count). The van der Waals surface area contributed by atoms with E-state index >= 15 is 0 Å². The van der Waals surface area contributed by atoms with Crippen molar-refractivity contribution in [2.45, 2.75) is 19.8 Å². The summed E-state index contributed by atoms with van der Waals surface area (Å²) < 4.78 is 0. The SMILES string of the molecule is C=C(C)[C@@H]1CCC(C=O)=CC1=O. The highest BCUT2D eigenvalue weighted by molar-refractivity contribution is 5.99. The van der Waals surface area contributed by atoms with Gasteiger partial charge in [-0.2, -0.15) is 0 Å². The Morgan fingerprint density at radius 2 is 2.42 bits per heavy atom. The van der Waals surface area contributed by atoms with E-state index in [9.17, 15) is 9.59 Å². The minimum absolute atomic E-state index is 0.0239. The van der Waals surface area contributed by atoms with Crippen molar-refractivity contribution in [1.82, 2.24) is 0 Å². The molecule has 0 heterocycles. The van der Waals surface area contributed by atoms with Crippen LogP contribution in [0.4, 0.5) is 0 Å². The van der Waals surface area contributed by atoms with Crippen LogP contribution in [0, 0.1) is 5.92 Å². The van der Waals surface area contributed by atoms with Gasteiger partial charge in [-0.15, -0.1) is 0 Å². The second kappa shape index (κ2) is 3.48. The molecule has 64 valence electrons. The van der Waals surface area contributed by atoms with E-state index in [0.717, 1.165) is 18.3 Å². The van der Waals surface area contributed by atoms with Crippen molar-refractivity contribution >= 4 is 12.1 Å². The summed E-state index contributed by atoms with van der Waals surface area (Å²) in [6.07, 6.45) is 3.63. The predicted molar refractivity (Wildman–Crippen MR) is 46.7 cm³/mol. The molecule has 0 spiro atoms. The van der Waals surface area contributed by atoms with Crippen molar-refractivity contribution in [2.75, 3.05) is 0 Å². The van der Waals surface area contributed by atoms with Crippen molar-refractivity contribution in [3.05, 3.63) is 23.8 Å². The number of carbonyl (C=O) groups excluding carboxylic acids is 2. The Labute approximate surface area is 72.0 Å². The molecule has 0 saturated carbocycles. The summed E-state index contributed by atoms with van der Waals surface area (Å²) in [5.41, 5.74) is 1.50. The van der Waals surface area contributed by atoms with Crippen LogP contribution in [-0.2, 0) is 9.59 Å². The summed E-state index contributed by atoms with van der Waals surface area (Å²) >= 11 is 0. The summed E-state index contributed by atoms with van der Waals surface area (Å²) in [4.78, 5) is 21.6. The summed E-state index contributed by atoms with van der Waals surface area (Å²) in [5.74, 6) is -0.0375. The normalized spacial score (nSPS) is 23.2. The third-order valence-corrected chi connectivity index (χ3v) is 2.14. The Hall–Kier alpha value is -1.18. The summed E-state index contributed by atoms with van der Waals surface area (Å²) in [6.45, 7) is 5.59. The van der Waals surface area contributed by atoms with Crippen LogP contribution in [0.25, 0.3) is 0 Å². The number of hydrogen-bond acceptors (Lipinski definition) is 2. The molecule has 2 nitrogen and oxygen atoms in total. The molecule has 0 N–H and O–H groups in total. The average molecular weight is 164 g/mol. The van der Waals surface area contributed by atoms with Crippen molar-refractivity contribution in [1.29, 1.82) is 0 Å². The number of aldehydes is 1. The van der Waals surface area contributed by atoms with Crippen molar-refractivity contribution in [3.63, 3.8) is 0 Å². The highest BCUT2D eigenvalue weighted by atomic mass is 16.1. The monoisotopic (exact) mass is 164 g/mol. The van der Waals surface area contributed by atoms with E-state index in [1.807, 2.05) is 6.92 Å². The Morgan fingerprint density at radius 3 is 2.83 bits per heavy atom. The average Bonchev–Trinajstić information content (AvgIpc) is 2.03. The van der Waals surface area contributed by atoms with Gasteiger partial charge in [0.25, 0.3) is 0 Å². The van der Waals surface area contributed by atoms with Crippen LogP contribution < -0.4 is 0 Å². The lowest BCUT2D eigenvalue weighted by Gasteiger charge is -2.18. The molecule has 0 amide bonds. The molecule has 0 fully saturated rings. The number of hydrogen-bond donors (Lipinski definition) is 0. The Bertz CT molecular complexity index is 261. The van der Waals surface area contributed by atoms with E-state index in [1.165, 1.54) is 6.08 Å². The zero-order valence-electron chi connectivity index (χ0n) is 7.17. The number of ketones is 1. The molecule has 0 aromatic carbocycles. The fraction of sp³-hybridized carbons (Fsp3) is 0.400. The van der Waals surface area contributed by atoms with Gasteiger partial charge >= 0.3 is 0 Å². The first-order chi connectivity index (χ1) is 5.65. The minimum Gasteiger partial charge on any atom is -0.298 e. The quantitative estimate of drug-likeness (QED) is 0.459. The van der Waals surface area contributed by atoms with Gasteiger partial charge in [0.1, 0.15) is 6.29 Å². The molecule has 0 aromatic heterocycles. The van der Waals surface area contributed by atoms with Gasteiger partial charge in [-0.3, -0.25) is 9.59 Å². The molecule has 12 heavy (non-hydrogen) atoms. The molecule has 2 heteroatoms. The van der Waals surface area contributed by atoms with Gasteiger partial charge in [0.05, 0.1) is 0 Å². The predicted octanol–water partition coefficient (Wildman–Crippen LogP) is 1.67. The Balaban J connectivity index is 2.80. The molecular weight excluding hydrogens is 152 g/mol. The largest absolute Gasteiger partial charge is 0.298 e. The molecule has 1 aliphatic rings. The summed E-state index contributed by atoms with van der Waals surface area (Å²) in [7, 11) is 0.